The van der Waals surface area contributed by atoms with E-state index in [0.29, 0.717) is 5.75 Å². The van der Waals surface area contributed by atoms with Crippen LogP contribution in [0.25, 0.3) is 0 Å². The fraction of sp³-hybridized carbons (Fsp3) is 0.290. The molecule has 0 saturated heterocycles. The molecule has 1 aromatic heterocycles. The van der Waals surface area contributed by atoms with E-state index in [4.69, 9.17) is 14.2 Å². The van der Waals surface area contributed by atoms with Crippen molar-refractivity contribution in [3.05, 3.63) is 82.7 Å². The minimum absolute atomic E-state index is 0.00690. The number of benzene rings is 3. The van der Waals surface area contributed by atoms with E-state index in [2.05, 4.69) is 20.8 Å². The summed E-state index contributed by atoms with van der Waals surface area (Å²) >= 11 is 0. The Labute approximate surface area is 261 Å². The molecule has 0 unspecified atom stereocenters. The van der Waals surface area contributed by atoms with Gasteiger partial charge in [-0.25, -0.2) is 4.68 Å². The third-order valence-corrected chi connectivity index (χ3v) is 6.69. The number of carbonyl (C=O) groups is 2. The molecule has 0 saturated carbocycles. The molecule has 0 fully saturated rings. The van der Waals surface area contributed by atoms with Crippen LogP contribution in [0, 0.1) is 11.3 Å². The third-order valence-electron chi connectivity index (χ3n) is 6.69. The quantitative estimate of drug-likeness (QED) is 0.140. The molecule has 0 aliphatic carbocycles. The number of amides is 1. The summed E-state index contributed by atoms with van der Waals surface area (Å²) in [7, 11) is 1.55. The molecule has 0 atom stereocenters. The number of halogens is 3. The number of ether oxygens (including phenoxy) is 3. The molecular formula is C31H29F3N6O6. The van der Waals surface area contributed by atoms with Crippen molar-refractivity contribution >= 4 is 17.4 Å². The molecule has 4 rings (SSSR count). The number of hydrogen-bond acceptors (Lipinski definition) is 10. The lowest BCUT2D eigenvalue weighted by Gasteiger charge is -2.16. The van der Waals surface area contributed by atoms with Gasteiger partial charge in [0.15, 0.2) is 5.78 Å². The number of methoxy groups -OCH3 is 1. The first-order valence-electron chi connectivity index (χ1n) is 13.9. The Morgan fingerprint density at radius 3 is 2.41 bits per heavy atom. The van der Waals surface area contributed by atoms with Crippen LogP contribution < -0.4 is 19.5 Å². The van der Waals surface area contributed by atoms with E-state index < -0.39 is 36.5 Å². The van der Waals surface area contributed by atoms with Gasteiger partial charge in [0.05, 0.1) is 38.1 Å². The fourth-order valence-electron chi connectivity index (χ4n) is 4.40. The average Bonchev–Trinajstić information content (AvgIpc) is 3.48. The standard InChI is InChI=1S/C31H29F3N6O6/c1-19(41)22-11-12-27(23(28(22)42)13-14-31(32,33)34)46-16-4-15-45-26-6-3-5-25(24(26)17-35)36-30(43)29-37-38-39-40(29)18-20-7-9-21(44-2)10-8-20/h3,5-12,42H,4,13-16,18H2,1-2H3,(H,36,43). The summed E-state index contributed by atoms with van der Waals surface area (Å²) in [6.07, 6.45) is -6.00. The first kappa shape index (κ1) is 33.2. The summed E-state index contributed by atoms with van der Waals surface area (Å²) in [5.41, 5.74) is 0.816. The lowest BCUT2D eigenvalue weighted by molar-refractivity contribution is -0.134. The Balaban J connectivity index is 1.37. The number of anilines is 1. The molecular weight excluding hydrogens is 609 g/mol. The number of nitrogens with one attached hydrogen (secondary N) is 1. The molecule has 0 bridgehead atoms. The van der Waals surface area contributed by atoms with Crippen LogP contribution in [0.15, 0.2) is 54.6 Å². The number of Topliss-reactive ketones (excluding diaryl/α,β-unsaturated/α-hetero) is 1. The lowest BCUT2D eigenvalue weighted by Crippen LogP contribution is -2.20. The number of hydrogen-bond donors (Lipinski definition) is 2. The second-order valence-corrected chi connectivity index (χ2v) is 9.91. The number of nitrogens with zero attached hydrogens (tertiary/aromatic N) is 5. The minimum atomic E-state index is -4.47. The van der Waals surface area contributed by atoms with Crippen molar-refractivity contribution < 1.29 is 42.1 Å². The van der Waals surface area contributed by atoms with Gasteiger partial charge in [0.1, 0.15) is 34.6 Å². The van der Waals surface area contributed by atoms with Gasteiger partial charge in [-0.3, -0.25) is 9.59 Å². The molecule has 4 aromatic rings. The molecule has 15 heteroatoms. The first-order valence-corrected chi connectivity index (χ1v) is 13.9. The van der Waals surface area contributed by atoms with Crippen molar-refractivity contribution in [2.24, 2.45) is 0 Å². The number of carbonyl (C=O) groups excluding carboxylic acids is 2. The van der Waals surface area contributed by atoms with E-state index in [9.17, 15) is 33.1 Å². The monoisotopic (exact) mass is 638 g/mol. The summed E-state index contributed by atoms with van der Waals surface area (Å²) in [5, 5.41) is 34.2. The average molecular weight is 639 g/mol. The summed E-state index contributed by atoms with van der Waals surface area (Å²) in [6.45, 7) is 1.44. The van der Waals surface area contributed by atoms with E-state index in [-0.39, 0.29) is 65.9 Å². The molecule has 240 valence electrons. The SMILES string of the molecule is COc1ccc(Cn2nnnc2C(=O)Nc2cccc(OCCCOc3ccc(C(C)=O)c(O)c3CCC(F)(F)F)c2C#N)cc1. The van der Waals surface area contributed by atoms with E-state index in [1.807, 2.05) is 18.2 Å². The van der Waals surface area contributed by atoms with Gasteiger partial charge >= 0.3 is 6.18 Å². The summed E-state index contributed by atoms with van der Waals surface area (Å²) in [5.74, 6) is -0.911. The maximum atomic E-state index is 13.1. The lowest BCUT2D eigenvalue weighted by atomic mass is 10.0. The van der Waals surface area contributed by atoms with Crippen LogP contribution in [0.4, 0.5) is 18.9 Å². The number of alkyl halides is 3. The molecule has 0 aliphatic heterocycles. The topological polar surface area (TPSA) is 161 Å². The van der Waals surface area contributed by atoms with Crippen molar-refractivity contribution in [1.29, 1.82) is 5.26 Å². The number of rotatable bonds is 14. The van der Waals surface area contributed by atoms with E-state index in [1.165, 1.54) is 35.9 Å². The van der Waals surface area contributed by atoms with Gasteiger partial charge in [-0.15, -0.1) is 5.10 Å². The highest BCUT2D eigenvalue weighted by Gasteiger charge is 2.29. The summed E-state index contributed by atoms with van der Waals surface area (Å²) in [4.78, 5) is 24.8. The van der Waals surface area contributed by atoms with Gasteiger partial charge in [-0.2, -0.15) is 18.4 Å². The van der Waals surface area contributed by atoms with Crippen LogP contribution in [-0.4, -0.2) is 63.5 Å². The van der Waals surface area contributed by atoms with E-state index in [0.717, 1.165) is 5.56 Å². The number of phenols is 1. The normalized spacial score (nSPS) is 11.0. The highest BCUT2D eigenvalue weighted by Crippen LogP contribution is 2.35. The van der Waals surface area contributed by atoms with Gasteiger partial charge < -0.3 is 24.6 Å². The van der Waals surface area contributed by atoms with Crippen molar-refractivity contribution in [3.63, 3.8) is 0 Å². The van der Waals surface area contributed by atoms with Crippen molar-refractivity contribution in [2.45, 2.75) is 38.9 Å². The first-order chi connectivity index (χ1) is 22.0. The van der Waals surface area contributed by atoms with Crippen molar-refractivity contribution in [1.82, 2.24) is 20.2 Å². The summed E-state index contributed by atoms with van der Waals surface area (Å²) in [6, 6.07) is 16.4. The zero-order chi connectivity index (χ0) is 33.3. The van der Waals surface area contributed by atoms with Crippen molar-refractivity contribution in [3.8, 4) is 29.1 Å². The minimum Gasteiger partial charge on any atom is -0.507 e. The van der Waals surface area contributed by atoms with Crippen LogP contribution in [0.2, 0.25) is 0 Å². The maximum Gasteiger partial charge on any atom is 0.389 e. The maximum absolute atomic E-state index is 13.1. The fourth-order valence-corrected chi connectivity index (χ4v) is 4.40. The van der Waals surface area contributed by atoms with Gasteiger partial charge in [-0.1, -0.05) is 18.2 Å². The van der Waals surface area contributed by atoms with Gasteiger partial charge in [0.2, 0.25) is 5.82 Å². The predicted octanol–water partition coefficient (Wildman–Crippen LogP) is 5.10. The number of tetrazole rings is 1. The molecule has 12 nitrogen and oxygen atoms in total. The second-order valence-electron chi connectivity index (χ2n) is 9.91. The number of ketones is 1. The smallest absolute Gasteiger partial charge is 0.389 e. The number of nitriles is 1. The molecule has 2 N–H and O–H groups in total. The Bertz CT molecular complexity index is 1730. The molecule has 46 heavy (non-hydrogen) atoms. The van der Waals surface area contributed by atoms with E-state index in [1.54, 1.807) is 25.3 Å². The van der Waals surface area contributed by atoms with Crippen LogP contribution >= 0.6 is 0 Å². The molecule has 1 amide bonds. The van der Waals surface area contributed by atoms with E-state index >= 15 is 0 Å². The Kier molecular flexibility index (Phi) is 10.8. The largest absolute Gasteiger partial charge is 0.507 e. The van der Waals surface area contributed by atoms with Crippen LogP contribution in [0.3, 0.4) is 0 Å². The Morgan fingerprint density at radius 2 is 1.76 bits per heavy atom. The highest BCUT2D eigenvalue weighted by atomic mass is 19.4. The second kappa shape index (κ2) is 14.9. The molecule has 0 radical (unpaired) electrons. The molecule has 0 aliphatic rings. The van der Waals surface area contributed by atoms with Crippen LogP contribution in [-0.2, 0) is 13.0 Å². The summed E-state index contributed by atoms with van der Waals surface area (Å²) < 4.78 is 56.4. The molecule has 3 aromatic carbocycles. The number of aromatic hydroxyl groups is 1. The molecule has 1 heterocycles. The predicted molar refractivity (Wildman–Crippen MR) is 157 cm³/mol. The van der Waals surface area contributed by atoms with Crippen LogP contribution in [0.5, 0.6) is 23.0 Å². The van der Waals surface area contributed by atoms with Crippen molar-refractivity contribution in [2.75, 3.05) is 25.6 Å². The number of phenolic OH excluding ortho intramolecular Hbond substituents is 1. The molecule has 0 spiro atoms. The highest BCUT2D eigenvalue weighted by molar-refractivity contribution is 6.02. The number of aromatic nitrogens is 4. The zero-order valence-corrected chi connectivity index (χ0v) is 24.8. The Hall–Kier alpha value is -5.65. The zero-order valence-electron chi connectivity index (χ0n) is 24.8. The Morgan fingerprint density at radius 1 is 1.04 bits per heavy atom. The third kappa shape index (κ3) is 8.50. The van der Waals surface area contributed by atoms with Gasteiger partial charge in [0.25, 0.3) is 5.91 Å². The van der Waals surface area contributed by atoms with Gasteiger partial charge in [-0.05, 0) is 65.7 Å². The van der Waals surface area contributed by atoms with Crippen LogP contribution in [0.1, 0.15) is 57.4 Å². The van der Waals surface area contributed by atoms with Gasteiger partial charge in [0, 0.05) is 18.4 Å².